The highest BCUT2D eigenvalue weighted by atomic mass is 16.5. The molecule has 0 unspecified atom stereocenters. The van der Waals surface area contributed by atoms with Gasteiger partial charge in [-0.15, -0.1) is 5.10 Å². The monoisotopic (exact) mass is 317 g/mol. The number of nitrogens with zero attached hydrogens (tertiary/aromatic N) is 5. The van der Waals surface area contributed by atoms with Crippen LogP contribution in [-0.4, -0.2) is 56.7 Å². The molecule has 0 N–H and O–H groups in total. The molecule has 23 heavy (non-hydrogen) atoms. The number of rotatable bonds is 6. The molecule has 0 spiro atoms. The first-order valence-electron chi connectivity index (χ1n) is 7.27. The maximum absolute atomic E-state index is 12.3. The van der Waals surface area contributed by atoms with E-state index in [0.717, 1.165) is 11.3 Å². The highest BCUT2D eigenvalue weighted by Gasteiger charge is 2.23. The van der Waals surface area contributed by atoms with Crippen LogP contribution < -0.4 is 0 Å². The second kappa shape index (κ2) is 7.48. The van der Waals surface area contributed by atoms with Gasteiger partial charge in [0, 0.05) is 7.05 Å². The summed E-state index contributed by atoms with van der Waals surface area (Å²) in [4.78, 5) is 25.3. The van der Waals surface area contributed by atoms with Gasteiger partial charge in [0.2, 0.25) is 5.91 Å². The van der Waals surface area contributed by atoms with Gasteiger partial charge in [-0.05, 0) is 42.0 Å². The van der Waals surface area contributed by atoms with Crippen LogP contribution in [0.5, 0.6) is 0 Å². The third kappa shape index (κ3) is 4.12. The van der Waals surface area contributed by atoms with E-state index in [9.17, 15) is 9.59 Å². The van der Waals surface area contributed by atoms with Gasteiger partial charge in [-0.3, -0.25) is 4.79 Å². The van der Waals surface area contributed by atoms with Crippen LogP contribution in [0.15, 0.2) is 30.6 Å². The lowest BCUT2D eigenvalue weighted by molar-refractivity contribution is -0.152. The molecule has 0 aliphatic heterocycles. The Morgan fingerprint density at radius 1 is 1.30 bits per heavy atom. The molecule has 2 aromatic rings. The van der Waals surface area contributed by atoms with E-state index in [1.807, 2.05) is 24.3 Å². The first kappa shape index (κ1) is 16.6. The van der Waals surface area contributed by atoms with E-state index in [2.05, 4.69) is 15.5 Å². The van der Waals surface area contributed by atoms with E-state index >= 15 is 0 Å². The van der Waals surface area contributed by atoms with E-state index in [1.54, 1.807) is 20.9 Å². The van der Waals surface area contributed by atoms with Gasteiger partial charge in [0.25, 0.3) is 0 Å². The SMILES string of the molecule is CCOC(=O)[C@@H](C)N(C)C(=O)Cc1ccc(-n2cnnn2)cc1. The summed E-state index contributed by atoms with van der Waals surface area (Å²) in [5.74, 6) is -0.557. The zero-order chi connectivity index (χ0) is 16.8. The van der Waals surface area contributed by atoms with Gasteiger partial charge in [-0.25, -0.2) is 9.48 Å². The zero-order valence-corrected chi connectivity index (χ0v) is 13.3. The standard InChI is InChI=1S/C15H19N5O3/c1-4-23-15(22)11(2)19(3)14(21)9-12-5-7-13(8-6-12)20-10-16-17-18-20/h5-8,10-11H,4,9H2,1-3H3/t11-/m1/s1. The lowest BCUT2D eigenvalue weighted by atomic mass is 10.1. The number of hydrogen-bond donors (Lipinski definition) is 0. The predicted octanol–water partition coefficient (Wildman–Crippen LogP) is 0.615. The Labute approximate surface area is 134 Å². The van der Waals surface area contributed by atoms with Crippen molar-refractivity contribution in [1.29, 1.82) is 0 Å². The van der Waals surface area contributed by atoms with Gasteiger partial charge >= 0.3 is 5.97 Å². The molecule has 8 nitrogen and oxygen atoms in total. The van der Waals surface area contributed by atoms with Crippen molar-refractivity contribution in [2.75, 3.05) is 13.7 Å². The number of carbonyl (C=O) groups excluding carboxylic acids is 2. The highest BCUT2D eigenvalue weighted by Crippen LogP contribution is 2.10. The molecule has 0 aliphatic carbocycles. The highest BCUT2D eigenvalue weighted by molar-refractivity contribution is 5.85. The Hall–Kier alpha value is -2.77. The molecule has 0 radical (unpaired) electrons. The molecular formula is C15H19N5O3. The van der Waals surface area contributed by atoms with Crippen LogP contribution in [0, 0.1) is 0 Å². The van der Waals surface area contributed by atoms with Crippen molar-refractivity contribution < 1.29 is 14.3 Å². The molecule has 122 valence electrons. The van der Waals surface area contributed by atoms with Crippen molar-refractivity contribution in [2.45, 2.75) is 26.3 Å². The third-order valence-corrected chi connectivity index (χ3v) is 3.51. The molecule has 1 aromatic heterocycles. The van der Waals surface area contributed by atoms with E-state index in [1.165, 1.54) is 15.9 Å². The van der Waals surface area contributed by atoms with Crippen molar-refractivity contribution >= 4 is 11.9 Å². The Kier molecular flexibility index (Phi) is 5.40. The number of esters is 1. The fourth-order valence-electron chi connectivity index (χ4n) is 1.98. The fourth-order valence-corrected chi connectivity index (χ4v) is 1.98. The molecule has 0 bridgehead atoms. The maximum atomic E-state index is 12.3. The summed E-state index contributed by atoms with van der Waals surface area (Å²) in [5.41, 5.74) is 1.65. The summed E-state index contributed by atoms with van der Waals surface area (Å²) in [7, 11) is 1.60. The van der Waals surface area contributed by atoms with Crippen LogP contribution in [0.4, 0.5) is 0 Å². The van der Waals surface area contributed by atoms with Crippen molar-refractivity contribution in [3.63, 3.8) is 0 Å². The second-order valence-electron chi connectivity index (χ2n) is 5.03. The Bertz CT molecular complexity index is 654. The lowest BCUT2D eigenvalue weighted by Gasteiger charge is -2.23. The molecule has 0 fully saturated rings. The average Bonchev–Trinajstić information content (AvgIpc) is 3.08. The smallest absolute Gasteiger partial charge is 0.328 e. The summed E-state index contributed by atoms with van der Waals surface area (Å²) < 4.78 is 6.46. The van der Waals surface area contributed by atoms with Gasteiger partial charge in [0.05, 0.1) is 18.7 Å². The molecule has 1 amide bonds. The molecule has 8 heteroatoms. The first-order chi connectivity index (χ1) is 11.0. The first-order valence-corrected chi connectivity index (χ1v) is 7.27. The van der Waals surface area contributed by atoms with E-state index in [-0.39, 0.29) is 12.3 Å². The van der Waals surface area contributed by atoms with Crippen LogP contribution in [0.3, 0.4) is 0 Å². The third-order valence-electron chi connectivity index (χ3n) is 3.51. The van der Waals surface area contributed by atoms with Crippen LogP contribution >= 0.6 is 0 Å². The maximum Gasteiger partial charge on any atom is 0.328 e. The molecule has 1 atom stereocenters. The van der Waals surface area contributed by atoms with Crippen molar-refractivity contribution in [2.24, 2.45) is 0 Å². The molecule has 2 rings (SSSR count). The minimum Gasteiger partial charge on any atom is -0.464 e. The zero-order valence-electron chi connectivity index (χ0n) is 13.3. The van der Waals surface area contributed by atoms with Gasteiger partial charge in [-0.1, -0.05) is 12.1 Å². The molecule has 1 heterocycles. The van der Waals surface area contributed by atoms with E-state index in [4.69, 9.17) is 4.74 Å². The van der Waals surface area contributed by atoms with Crippen molar-refractivity contribution in [3.05, 3.63) is 36.2 Å². The number of aromatic nitrogens is 4. The molecular weight excluding hydrogens is 298 g/mol. The molecule has 0 saturated heterocycles. The minimum atomic E-state index is -0.608. The number of tetrazole rings is 1. The van der Waals surface area contributed by atoms with Gasteiger partial charge in [-0.2, -0.15) is 0 Å². The number of carbonyl (C=O) groups is 2. The lowest BCUT2D eigenvalue weighted by Crippen LogP contribution is -2.42. The van der Waals surface area contributed by atoms with E-state index in [0.29, 0.717) is 6.61 Å². The normalized spacial score (nSPS) is 11.8. The van der Waals surface area contributed by atoms with Crippen molar-refractivity contribution in [1.82, 2.24) is 25.1 Å². The number of ether oxygens (including phenoxy) is 1. The topological polar surface area (TPSA) is 90.2 Å². The fraction of sp³-hybridized carbons (Fsp3) is 0.400. The molecule has 0 aliphatic rings. The molecule has 0 saturated carbocycles. The number of hydrogen-bond acceptors (Lipinski definition) is 6. The summed E-state index contributed by atoms with van der Waals surface area (Å²) in [6.45, 7) is 3.68. The van der Waals surface area contributed by atoms with Gasteiger partial charge in [0.1, 0.15) is 12.4 Å². The number of benzene rings is 1. The average molecular weight is 317 g/mol. The van der Waals surface area contributed by atoms with Crippen molar-refractivity contribution in [3.8, 4) is 5.69 Å². The van der Waals surface area contributed by atoms with Crippen LogP contribution in [0.25, 0.3) is 5.69 Å². The van der Waals surface area contributed by atoms with Crippen LogP contribution in [0.1, 0.15) is 19.4 Å². The largest absolute Gasteiger partial charge is 0.464 e. The summed E-state index contributed by atoms with van der Waals surface area (Å²) in [6, 6.07) is 6.71. The second-order valence-corrected chi connectivity index (χ2v) is 5.03. The van der Waals surface area contributed by atoms with E-state index < -0.39 is 12.0 Å². The van der Waals surface area contributed by atoms with Crippen LogP contribution in [0.2, 0.25) is 0 Å². The molecule has 1 aromatic carbocycles. The Morgan fingerprint density at radius 2 is 2.00 bits per heavy atom. The summed E-state index contributed by atoms with van der Waals surface area (Å²) in [6.07, 6.45) is 1.70. The predicted molar refractivity (Wildman–Crippen MR) is 81.7 cm³/mol. The Morgan fingerprint density at radius 3 is 2.57 bits per heavy atom. The van der Waals surface area contributed by atoms with Gasteiger partial charge < -0.3 is 9.64 Å². The summed E-state index contributed by atoms with van der Waals surface area (Å²) >= 11 is 0. The number of amides is 1. The minimum absolute atomic E-state index is 0.152. The number of likely N-dealkylation sites (N-methyl/N-ethyl adjacent to an activating group) is 1. The Balaban J connectivity index is 1.98. The van der Waals surface area contributed by atoms with Crippen LogP contribution in [-0.2, 0) is 20.7 Å². The van der Waals surface area contributed by atoms with Gasteiger partial charge in [0.15, 0.2) is 0 Å². The quantitative estimate of drug-likeness (QED) is 0.725. The summed E-state index contributed by atoms with van der Waals surface area (Å²) in [5, 5.41) is 10.9.